The molecule has 5 atom stereocenters. The smallest absolute Gasteiger partial charge is 0.192 e. The van der Waals surface area contributed by atoms with Gasteiger partial charge < -0.3 is 5.11 Å². The topological polar surface area (TPSA) is 54.4 Å². The molecular formula is C21H25FO3. The summed E-state index contributed by atoms with van der Waals surface area (Å²) in [6.07, 6.45) is 8.75. The Morgan fingerprint density at radius 2 is 2.04 bits per heavy atom. The Hall–Kier alpha value is -1.55. The van der Waals surface area contributed by atoms with Crippen LogP contribution < -0.4 is 0 Å². The van der Waals surface area contributed by atoms with Gasteiger partial charge >= 0.3 is 0 Å². The van der Waals surface area contributed by atoms with Crippen molar-refractivity contribution in [3.63, 3.8) is 0 Å². The molecule has 0 aromatic heterocycles. The fourth-order valence-electron chi connectivity index (χ4n) is 5.83. The summed E-state index contributed by atoms with van der Waals surface area (Å²) in [5.41, 5.74) is 2.33. The van der Waals surface area contributed by atoms with E-state index >= 15 is 0 Å². The second-order valence-corrected chi connectivity index (χ2v) is 8.74. The van der Waals surface area contributed by atoms with E-state index in [9.17, 15) is 19.1 Å². The fourth-order valence-corrected chi connectivity index (χ4v) is 5.83. The summed E-state index contributed by atoms with van der Waals surface area (Å²) in [5.74, 6) is 0.234. The zero-order valence-electron chi connectivity index (χ0n) is 14.8. The van der Waals surface area contributed by atoms with Gasteiger partial charge in [-0.25, -0.2) is 4.39 Å². The van der Waals surface area contributed by atoms with Gasteiger partial charge in [-0.05, 0) is 36.5 Å². The lowest BCUT2D eigenvalue weighted by atomic mass is 9.52. The molecule has 0 aromatic carbocycles. The Bertz CT molecular complexity index is 746. The third-order valence-corrected chi connectivity index (χ3v) is 7.25. The van der Waals surface area contributed by atoms with Crippen molar-refractivity contribution in [3.05, 3.63) is 34.9 Å². The molecule has 4 aliphatic rings. The number of hydrogen-bond donors (Lipinski definition) is 1. The van der Waals surface area contributed by atoms with E-state index in [0.717, 1.165) is 18.4 Å². The molecule has 1 unspecified atom stereocenters. The lowest BCUT2D eigenvalue weighted by Crippen LogP contribution is -2.44. The molecule has 134 valence electrons. The van der Waals surface area contributed by atoms with Crippen LogP contribution in [-0.4, -0.2) is 29.5 Å². The maximum absolute atomic E-state index is 12.9. The van der Waals surface area contributed by atoms with E-state index in [0.29, 0.717) is 25.0 Å². The molecule has 0 aliphatic heterocycles. The van der Waals surface area contributed by atoms with Gasteiger partial charge in [-0.3, -0.25) is 9.59 Å². The zero-order valence-corrected chi connectivity index (χ0v) is 14.8. The number of aliphatic hydroxyl groups excluding tert-OH is 1. The molecule has 0 spiro atoms. The molecule has 2 saturated carbocycles. The highest BCUT2D eigenvalue weighted by atomic mass is 19.1. The van der Waals surface area contributed by atoms with Gasteiger partial charge in [0.05, 0.1) is 6.10 Å². The van der Waals surface area contributed by atoms with Crippen molar-refractivity contribution in [3.8, 4) is 0 Å². The number of halogens is 1. The van der Waals surface area contributed by atoms with Crippen LogP contribution in [0.5, 0.6) is 0 Å². The predicted octanol–water partition coefficient (Wildman–Crippen LogP) is 3.48. The minimum Gasteiger partial charge on any atom is -0.388 e. The standard InChI is InChI=1S/C21H25FO3/c1-20-6-5-16-14(17(20)8-13(23)9-20)4-3-12-7-18(24)15(19(25)11-22)10-21(12,16)2/h3-4,10,16-18,24H,5-9,11H2,1-2H3/t16-,17+,18?,20-,21+/m1/s1. The average molecular weight is 344 g/mol. The van der Waals surface area contributed by atoms with Crippen molar-refractivity contribution in [2.75, 3.05) is 6.67 Å². The molecule has 0 aromatic rings. The lowest BCUT2D eigenvalue weighted by molar-refractivity contribution is -0.118. The zero-order chi connectivity index (χ0) is 18.0. The molecule has 25 heavy (non-hydrogen) atoms. The van der Waals surface area contributed by atoms with Gasteiger partial charge in [0.2, 0.25) is 0 Å². The third kappa shape index (κ3) is 2.33. The van der Waals surface area contributed by atoms with E-state index in [2.05, 4.69) is 26.0 Å². The molecular weight excluding hydrogens is 319 g/mol. The van der Waals surface area contributed by atoms with Gasteiger partial charge in [-0.2, -0.15) is 0 Å². The summed E-state index contributed by atoms with van der Waals surface area (Å²) < 4.78 is 12.9. The number of rotatable bonds is 2. The normalized spacial score (nSPS) is 42.6. The first-order valence-electron chi connectivity index (χ1n) is 9.21. The summed E-state index contributed by atoms with van der Waals surface area (Å²) in [5, 5.41) is 10.3. The maximum atomic E-state index is 12.9. The Morgan fingerprint density at radius 3 is 2.76 bits per heavy atom. The van der Waals surface area contributed by atoms with Gasteiger partial charge in [-0.15, -0.1) is 0 Å². The third-order valence-electron chi connectivity index (χ3n) is 7.25. The summed E-state index contributed by atoms with van der Waals surface area (Å²) >= 11 is 0. The maximum Gasteiger partial charge on any atom is 0.192 e. The largest absolute Gasteiger partial charge is 0.388 e. The highest BCUT2D eigenvalue weighted by molar-refractivity contribution is 5.97. The van der Waals surface area contributed by atoms with E-state index in [-0.39, 0.29) is 28.2 Å². The first-order chi connectivity index (χ1) is 11.8. The van der Waals surface area contributed by atoms with Crippen molar-refractivity contribution in [2.24, 2.45) is 22.7 Å². The molecule has 4 aliphatic carbocycles. The highest BCUT2D eigenvalue weighted by Crippen LogP contribution is 2.62. The number of alkyl halides is 1. The monoisotopic (exact) mass is 344 g/mol. The highest BCUT2D eigenvalue weighted by Gasteiger charge is 2.54. The second kappa shape index (κ2) is 5.47. The van der Waals surface area contributed by atoms with Crippen molar-refractivity contribution in [1.29, 1.82) is 0 Å². The average Bonchev–Trinajstić information content (AvgIpc) is 2.88. The Balaban J connectivity index is 1.78. The Morgan fingerprint density at radius 1 is 1.28 bits per heavy atom. The van der Waals surface area contributed by atoms with Crippen molar-refractivity contribution >= 4 is 11.6 Å². The predicted molar refractivity (Wildman–Crippen MR) is 92.5 cm³/mol. The van der Waals surface area contributed by atoms with Crippen molar-refractivity contribution in [2.45, 2.75) is 52.1 Å². The molecule has 0 radical (unpaired) electrons. The molecule has 0 saturated heterocycles. The molecule has 0 bridgehead atoms. The van der Waals surface area contributed by atoms with Crippen LogP contribution in [-0.2, 0) is 9.59 Å². The summed E-state index contributed by atoms with van der Waals surface area (Å²) in [6, 6.07) is 0. The Kier molecular flexibility index (Phi) is 3.70. The Labute approximate surface area is 147 Å². The SMILES string of the molecule is C[C@]12CC[C@@H]3C(=CC=C4CC(O)C(C(=O)CF)=C[C@@]43C)[C@@H]1CC(=O)C2. The number of carbonyl (C=O) groups is 2. The van der Waals surface area contributed by atoms with Crippen LogP contribution in [0.15, 0.2) is 34.9 Å². The molecule has 0 amide bonds. The number of carbonyl (C=O) groups excluding carboxylic acids is 2. The quantitative estimate of drug-likeness (QED) is 0.834. The van der Waals surface area contributed by atoms with Gasteiger partial charge in [0.25, 0.3) is 0 Å². The van der Waals surface area contributed by atoms with Crippen LogP contribution in [0, 0.1) is 22.7 Å². The molecule has 4 rings (SSSR count). The van der Waals surface area contributed by atoms with Crippen molar-refractivity contribution < 1.29 is 19.1 Å². The van der Waals surface area contributed by atoms with Crippen LogP contribution >= 0.6 is 0 Å². The number of ketones is 2. The first-order valence-corrected chi connectivity index (χ1v) is 9.21. The van der Waals surface area contributed by atoms with Gasteiger partial charge in [0.1, 0.15) is 5.78 Å². The first kappa shape index (κ1) is 16.9. The van der Waals surface area contributed by atoms with Crippen LogP contribution in [0.25, 0.3) is 0 Å². The van der Waals surface area contributed by atoms with Crippen LogP contribution in [0.2, 0.25) is 0 Å². The second-order valence-electron chi connectivity index (χ2n) is 8.74. The molecule has 4 heteroatoms. The van der Waals surface area contributed by atoms with E-state index in [1.807, 2.05) is 6.08 Å². The van der Waals surface area contributed by atoms with Crippen LogP contribution in [0.4, 0.5) is 4.39 Å². The minimum absolute atomic E-state index is 0.0522. The summed E-state index contributed by atoms with van der Waals surface area (Å²) in [4.78, 5) is 24.0. The number of hydrogen-bond acceptors (Lipinski definition) is 3. The molecule has 0 heterocycles. The van der Waals surface area contributed by atoms with E-state index in [1.54, 1.807) is 0 Å². The summed E-state index contributed by atoms with van der Waals surface area (Å²) in [6.45, 7) is 3.26. The van der Waals surface area contributed by atoms with Gasteiger partial charge in [0.15, 0.2) is 12.5 Å². The van der Waals surface area contributed by atoms with Gasteiger partial charge in [0, 0.05) is 23.8 Å². The molecule has 1 N–H and O–H groups in total. The molecule has 3 nitrogen and oxygen atoms in total. The van der Waals surface area contributed by atoms with Gasteiger partial charge in [-0.1, -0.05) is 43.2 Å². The summed E-state index contributed by atoms with van der Waals surface area (Å²) in [7, 11) is 0. The van der Waals surface area contributed by atoms with E-state index in [1.165, 1.54) is 5.57 Å². The van der Waals surface area contributed by atoms with Crippen LogP contribution in [0.3, 0.4) is 0 Å². The fraction of sp³-hybridized carbons (Fsp3) is 0.619. The lowest BCUT2D eigenvalue weighted by Gasteiger charge is -2.52. The number of aliphatic hydroxyl groups is 1. The van der Waals surface area contributed by atoms with E-state index < -0.39 is 18.6 Å². The number of allylic oxidation sites excluding steroid dienone is 4. The number of fused-ring (bicyclic) bond motifs is 5. The van der Waals surface area contributed by atoms with E-state index in [4.69, 9.17) is 0 Å². The number of Topliss-reactive ketones (excluding diaryl/α,β-unsaturated/α-hetero) is 2. The minimum atomic E-state index is -1.07. The van der Waals surface area contributed by atoms with Crippen molar-refractivity contribution in [1.82, 2.24) is 0 Å². The van der Waals surface area contributed by atoms with Crippen LogP contribution in [0.1, 0.15) is 46.0 Å². The molecule has 2 fully saturated rings.